The summed E-state index contributed by atoms with van der Waals surface area (Å²) in [6, 6.07) is 0. The van der Waals surface area contributed by atoms with Crippen LogP contribution in [0.15, 0.2) is 12.2 Å². The number of carbonyl (C=O) groups excluding carboxylic acids is 1. The Morgan fingerprint density at radius 2 is 2.00 bits per heavy atom. The standard InChI is InChI=1S/C21H34O8/c1-11(13-9-21(3,4)14(13)7-6-12(2)22)5-8-16(29-25)28-19-15-10-26-20(27-15)18(24)17(19)23/h13-20,23-25H,1,5-10H2,2-4H3/t13-,14-,15-,16?,17-,18-,19+,20-/m1/s1. The minimum Gasteiger partial charge on any atom is -0.387 e. The van der Waals surface area contributed by atoms with E-state index in [-0.39, 0.29) is 17.8 Å². The second kappa shape index (κ2) is 9.09. The third-order valence-electron chi connectivity index (χ3n) is 6.76. The Labute approximate surface area is 171 Å². The van der Waals surface area contributed by atoms with Crippen LogP contribution in [0, 0.1) is 17.3 Å². The van der Waals surface area contributed by atoms with Crippen molar-refractivity contribution in [3.63, 3.8) is 0 Å². The molecule has 0 aromatic rings. The predicted octanol–water partition coefficient (Wildman–Crippen LogP) is 2.03. The lowest BCUT2D eigenvalue weighted by Crippen LogP contribution is -2.55. The van der Waals surface area contributed by atoms with Crippen LogP contribution in [-0.2, 0) is 23.9 Å². The second-order valence-electron chi connectivity index (χ2n) is 9.34. The highest BCUT2D eigenvalue weighted by Crippen LogP contribution is 2.56. The van der Waals surface area contributed by atoms with Gasteiger partial charge in [0.2, 0.25) is 0 Å². The molecule has 0 aromatic carbocycles. The van der Waals surface area contributed by atoms with Gasteiger partial charge in [0.05, 0.1) is 6.61 Å². The fourth-order valence-electron chi connectivity index (χ4n) is 4.97. The molecular weight excluding hydrogens is 380 g/mol. The van der Waals surface area contributed by atoms with Crippen LogP contribution in [0.1, 0.15) is 52.9 Å². The van der Waals surface area contributed by atoms with Crippen molar-refractivity contribution in [3.8, 4) is 0 Å². The van der Waals surface area contributed by atoms with Gasteiger partial charge in [-0.3, -0.25) is 0 Å². The molecule has 1 unspecified atom stereocenters. The zero-order valence-electron chi connectivity index (χ0n) is 17.5. The molecule has 0 amide bonds. The summed E-state index contributed by atoms with van der Waals surface area (Å²) in [7, 11) is 0. The highest BCUT2D eigenvalue weighted by molar-refractivity contribution is 5.75. The lowest BCUT2D eigenvalue weighted by molar-refractivity contribution is -0.372. The molecular formula is C21H34O8. The van der Waals surface area contributed by atoms with E-state index in [9.17, 15) is 20.3 Å². The largest absolute Gasteiger partial charge is 0.387 e. The Hall–Kier alpha value is -0.870. The van der Waals surface area contributed by atoms with Crippen LogP contribution in [0.25, 0.3) is 0 Å². The fraction of sp³-hybridized carbons (Fsp3) is 0.857. The number of hydrogen-bond acceptors (Lipinski definition) is 8. The van der Waals surface area contributed by atoms with Gasteiger partial charge in [-0.2, -0.15) is 0 Å². The highest BCUT2D eigenvalue weighted by atomic mass is 17.1. The molecule has 2 aliphatic heterocycles. The molecule has 166 valence electrons. The molecule has 3 N–H and O–H groups in total. The number of Topliss-reactive ketones (excluding diaryl/α,β-unsaturated/α-hetero) is 1. The summed E-state index contributed by atoms with van der Waals surface area (Å²) in [4.78, 5) is 15.9. The van der Waals surface area contributed by atoms with Crippen LogP contribution in [0.5, 0.6) is 0 Å². The van der Waals surface area contributed by atoms with Crippen molar-refractivity contribution in [3.05, 3.63) is 12.2 Å². The van der Waals surface area contributed by atoms with Crippen LogP contribution in [0.3, 0.4) is 0 Å². The molecule has 2 heterocycles. The van der Waals surface area contributed by atoms with E-state index in [4.69, 9.17) is 14.2 Å². The van der Waals surface area contributed by atoms with Crippen molar-refractivity contribution in [1.29, 1.82) is 0 Å². The molecule has 29 heavy (non-hydrogen) atoms. The molecule has 8 atom stereocenters. The quantitative estimate of drug-likeness (QED) is 0.215. The summed E-state index contributed by atoms with van der Waals surface area (Å²) >= 11 is 0. The van der Waals surface area contributed by atoms with Gasteiger partial charge in [0.15, 0.2) is 12.6 Å². The maximum absolute atomic E-state index is 11.4. The summed E-state index contributed by atoms with van der Waals surface area (Å²) in [6.07, 6.45) is -2.24. The normalized spacial score (nSPS) is 39.0. The van der Waals surface area contributed by atoms with Gasteiger partial charge in [-0.15, -0.1) is 0 Å². The number of ketones is 1. The molecule has 8 nitrogen and oxygen atoms in total. The van der Waals surface area contributed by atoms with E-state index >= 15 is 0 Å². The van der Waals surface area contributed by atoms with Crippen LogP contribution >= 0.6 is 0 Å². The summed E-state index contributed by atoms with van der Waals surface area (Å²) < 4.78 is 16.5. The second-order valence-corrected chi connectivity index (χ2v) is 9.34. The van der Waals surface area contributed by atoms with Crippen molar-refractivity contribution in [2.24, 2.45) is 17.3 Å². The Bertz CT molecular complexity index is 605. The summed E-state index contributed by atoms with van der Waals surface area (Å²) in [5.74, 6) is 0.940. The van der Waals surface area contributed by atoms with Gasteiger partial charge < -0.3 is 29.2 Å². The lowest BCUT2D eigenvalue weighted by Gasteiger charge is -2.53. The first kappa shape index (κ1) is 22.8. The van der Waals surface area contributed by atoms with E-state index in [1.807, 2.05) is 0 Å². The molecule has 0 spiro atoms. The van der Waals surface area contributed by atoms with E-state index in [0.717, 1.165) is 18.4 Å². The smallest absolute Gasteiger partial charge is 0.191 e. The summed E-state index contributed by atoms with van der Waals surface area (Å²) in [5.41, 5.74) is 1.23. The monoisotopic (exact) mass is 414 g/mol. The molecule has 0 radical (unpaired) electrons. The van der Waals surface area contributed by atoms with Gasteiger partial charge in [0.1, 0.15) is 30.2 Å². The molecule has 3 fully saturated rings. The summed E-state index contributed by atoms with van der Waals surface area (Å²) in [6.45, 7) is 10.5. The molecule has 1 saturated carbocycles. The number of allylic oxidation sites excluding steroid dienone is 1. The van der Waals surface area contributed by atoms with E-state index in [0.29, 0.717) is 31.1 Å². The number of fused-ring (bicyclic) bond motifs is 2. The van der Waals surface area contributed by atoms with E-state index < -0.39 is 37.0 Å². The van der Waals surface area contributed by atoms with Gasteiger partial charge in [0.25, 0.3) is 0 Å². The minimum atomic E-state index is -1.22. The van der Waals surface area contributed by atoms with Gasteiger partial charge in [0, 0.05) is 12.8 Å². The van der Waals surface area contributed by atoms with Gasteiger partial charge >= 0.3 is 0 Å². The topological polar surface area (TPSA) is 115 Å². The van der Waals surface area contributed by atoms with Crippen LogP contribution in [-0.4, -0.2) is 64.9 Å². The van der Waals surface area contributed by atoms with E-state index in [1.54, 1.807) is 6.92 Å². The Morgan fingerprint density at radius 1 is 1.28 bits per heavy atom. The molecule has 8 heteroatoms. The number of rotatable bonds is 10. The van der Waals surface area contributed by atoms with Crippen molar-refractivity contribution < 1.29 is 39.4 Å². The van der Waals surface area contributed by atoms with E-state index in [2.05, 4.69) is 25.3 Å². The van der Waals surface area contributed by atoms with Crippen molar-refractivity contribution >= 4 is 5.78 Å². The minimum absolute atomic E-state index is 0.186. The van der Waals surface area contributed by atoms with Crippen molar-refractivity contribution in [2.75, 3.05) is 6.61 Å². The number of aliphatic hydroxyl groups is 2. The maximum Gasteiger partial charge on any atom is 0.191 e. The fourth-order valence-corrected chi connectivity index (χ4v) is 4.97. The molecule has 1 aliphatic carbocycles. The average Bonchev–Trinajstić information content (AvgIpc) is 3.10. The Morgan fingerprint density at radius 3 is 2.62 bits per heavy atom. The number of carbonyl (C=O) groups is 1. The first-order valence-corrected chi connectivity index (χ1v) is 10.4. The third kappa shape index (κ3) is 4.90. The Balaban J connectivity index is 1.51. The molecule has 3 aliphatic rings. The third-order valence-corrected chi connectivity index (χ3v) is 6.76. The van der Waals surface area contributed by atoms with Gasteiger partial charge in [-0.1, -0.05) is 26.0 Å². The number of ether oxygens (including phenoxy) is 3. The van der Waals surface area contributed by atoms with Gasteiger partial charge in [-0.05, 0) is 43.4 Å². The molecule has 3 rings (SSSR count). The number of aliphatic hydroxyl groups excluding tert-OH is 2. The zero-order chi connectivity index (χ0) is 21.3. The zero-order valence-corrected chi connectivity index (χ0v) is 17.5. The number of hydrogen-bond donors (Lipinski definition) is 3. The van der Waals surface area contributed by atoms with Crippen molar-refractivity contribution in [2.45, 2.75) is 89.9 Å². The molecule has 2 saturated heterocycles. The van der Waals surface area contributed by atoms with Crippen LogP contribution in [0.2, 0.25) is 0 Å². The average molecular weight is 414 g/mol. The molecule has 0 aromatic heterocycles. The lowest BCUT2D eigenvalue weighted by atomic mass is 9.52. The SMILES string of the molecule is C=C(CCC(OO)O[C@@H]1[C@H](O)[C@@H](O)[C@@H]2OC[C@H]1O2)[C@H]1CC(C)(C)[C@@H]1CCC(C)=O. The summed E-state index contributed by atoms with van der Waals surface area (Å²) in [5, 5.41) is 29.5. The van der Waals surface area contributed by atoms with Crippen LogP contribution in [0.4, 0.5) is 0 Å². The van der Waals surface area contributed by atoms with Crippen LogP contribution < -0.4 is 0 Å². The predicted molar refractivity (Wildman–Crippen MR) is 103 cm³/mol. The first-order valence-electron chi connectivity index (χ1n) is 10.4. The molecule has 2 bridgehead atoms. The highest BCUT2D eigenvalue weighted by Gasteiger charge is 2.51. The van der Waals surface area contributed by atoms with E-state index in [1.165, 1.54) is 0 Å². The Kier molecular flexibility index (Phi) is 7.15. The first-order chi connectivity index (χ1) is 13.6. The van der Waals surface area contributed by atoms with Gasteiger partial charge in [-0.25, -0.2) is 10.1 Å². The van der Waals surface area contributed by atoms with Crippen molar-refractivity contribution in [1.82, 2.24) is 0 Å². The maximum atomic E-state index is 11.4.